The van der Waals surface area contributed by atoms with E-state index >= 15 is 0 Å². The molecule has 0 aliphatic rings. The Morgan fingerprint density at radius 3 is 2.12 bits per heavy atom. The van der Waals surface area contributed by atoms with E-state index in [4.69, 9.17) is 32.9 Å². The maximum absolute atomic E-state index is 10.6. The first-order chi connectivity index (χ1) is 19.5. The summed E-state index contributed by atoms with van der Waals surface area (Å²) >= 11 is 12.4. The van der Waals surface area contributed by atoms with Gasteiger partial charge in [-0.3, -0.25) is 4.99 Å². The second-order valence-corrected chi connectivity index (χ2v) is 10.1. The predicted octanol–water partition coefficient (Wildman–Crippen LogP) is 10.2. The number of benzene rings is 6. The largest absolute Gasteiger partial charge is 0.506 e. The van der Waals surface area contributed by atoms with Gasteiger partial charge in [-0.05, 0) is 57.9 Å². The summed E-state index contributed by atoms with van der Waals surface area (Å²) in [6, 6.07) is 35.8. The summed E-state index contributed by atoms with van der Waals surface area (Å²) in [5, 5.41) is 19.1. The molecule has 196 valence electrons. The van der Waals surface area contributed by atoms with E-state index in [0.29, 0.717) is 10.6 Å². The molecule has 0 aliphatic heterocycles. The Bertz CT molecular complexity index is 1920. The number of halogens is 2. The van der Waals surface area contributed by atoms with Crippen molar-refractivity contribution in [2.75, 3.05) is 12.4 Å². The van der Waals surface area contributed by atoms with Gasteiger partial charge in [-0.1, -0.05) is 96.0 Å². The first-order valence-electron chi connectivity index (χ1n) is 12.7. The van der Waals surface area contributed by atoms with Gasteiger partial charge in [0.1, 0.15) is 11.5 Å². The Labute approximate surface area is 242 Å². The molecule has 6 rings (SSSR count). The molecule has 0 radical (unpaired) electrons. The molecule has 40 heavy (non-hydrogen) atoms. The topological polar surface area (TPSA) is 53.8 Å². The van der Waals surface area contributed by atoms with Crippen molar-refractivity contribution in [1.82, 2.24) is 0 Å². The molecule has 0 aliphatic carbocycles. The number of hydrogen-bond donors (Lipinski definition) is 2. The zero-order chi connectivity index (χ0) is 27.6. The Kier molecular flexibility index (Phi) is 7.04. The van der Waals surface area contributed by atoms with Crippen LogP contribution in [0.2, 0.25) is 10.0 Å². The zero-order valence-electron chi connectivity index (χ0n) is 21.5. The third kappa shape index (κ3) is 4.84. The van der Waals surface area contributed by atoms with Crippen LogP contribution in [0.5, 0.6) is 11.5 Å². The van der Waals surface area contributed by atoms with Crippen molar-refractivity contribution >= 4 is 68.0 Å². The molecular weight excluding hydrogens is 539 g/mol. The summed E-state index contributed by atoms with van der Waals surface area (Å²) in [6.07, 6.45) is 1.60. The third-order valence-corrected chi connectivity index (χ3v) is 7.37. The molecular formula is C34H24Cl2N2O2. The SMILES string of the molecule is COc1ccccc1Nc1ccc2ccccc2c1-c1c(N=Cc2cc(Cl)cc(Cl)c2O)ccc2ccccc12. The number of nitrogens with zero attached hydrogens (tertiary/aromatic N) is 1. The lowest BCUT2D eigenvalue weighted by molar-refractivity contribution is 0.417. The summed E-state index contributed by atoms with van der Waals surface area (Å²) in [5.74, 6) is 0.673. The van der Waals surface area contributed by atoms with Crippen LogP contribution < -0.4 is 10.1 Å². The van der Waals surface area contributed by atoms with Crippen molar-refractivity contribution in [2.45, 2.75) is 0 Å². The number of phenolic OH excluding ortho intramolecular Hbond substituents is 1. The van der Waals surface area contributed by atoms with Crippen LogP contribution in [0.4, 0.5) is 17.1 Å². The number of fused-ring (bicyclic) bond motifs is 2. The quantitative estimate of drug-likeness (QED) is 0.198. The van der Waals surface area contributed by atoms with E-state index in [-0.39, 0.29) is 10.8 Å². The van der Waals surface area contributed by atoms with Gasteiger partial charge < -0.3 is 15.2 Å². The number of ether oxygens (including phenoxy) is 1. The number of aliphatic imine (C=N–C) groups is 1. The van der Waals surface area contributed by atoms with Gasteiger partial charge in [-0.15, -0.1) is 0 Å². The fourth-order valence-electron chi connectivity index (χ4n) is 4.99. The molecule has 4 nitrogen and oxygen atoms in total. The Morgan fingerprint density at radius 1 is 0.725 bits per heavy atom. The van der Waals surface area contributed by atoms with Crippen LogP contribution in [0, 0.1) is 0 Å². The molecule has 0 fully saturated rings. The Balaban J connectivity index is 1.64. The highest BCUT2D eigenvalue weighted by atomic mass is 35.5. The van der Waals surface area contributed by atoms with Crippen molar-refractivity contribution in [1.29, 1.82) is 0 Å². The number of nitrogens with one attached hydrogen (secondary N) is 1. The van der Waals surface area contributed by atoms with Crippen LogP contribution in [0.3, 0.4) is 0 Å². The number of para-hydroxylation sites is 2. The molecule has 2 N–H and O–H groups in total. The van der Waals surface area contributed by atoms with Gasteiger partial charge in [-0.25, -0.2) is 0 Å². The molecule has 6 aromatic rings. The summed E-state index contributed by atoms with van der Waals surface area (Å²) in [4.78, 5) is 4.88. The molecule has 0 aromatic heterocycles. The summed E-state index contributed by atoms with van der Waals surface area (Å²) < 4.78 is 5.63. The third-order valence-electron chi connectivity index (χ3n) is 6.86. The molecule has 0 saturated carbocycles. The van der Waals surface area contributed by atoms with Crippen LogP contribution in [0.15, 0.2) is 114 Å². The van der Waals surface area contributed by atoms with Crippen molar-refractivity contribution in [3.63, 3.8) is 0 Å². The van der Waals surface area contributed by atoms with E-state index in [1.165, 1.54) is 6.07 Å². The Hall–Kier alpha value is -4.51. The van der Waals surface area contributed by atoms with Crippen molar-refractivity contribution in [3.05, 3.63) is 125 Å². The maximum atomic E-state index is 10.6. The van der Waals surface area contributed by atoms with Crippen LogP contribution >= 0.6 is 23.2 Å². The number of phenols is 1. The minimum absolute atomic E-state index is 0.0687. The minimum atomic E-state index is -0.0687. The standard InChI is InChI=1S/C34H24Cl2N2O2/c1-40-31-13-7-6-12-28(31)38-30-17-15-22-9-3-5-11-26(22)33(30)32-25-10-4-2-8-21(25)14-16-29(32)37-20-23-18-24(35)19-27(36)34(23)39/h2-20,38-39H,1H3. The highest BCUT2D eigenvalue weighted by Crippen LogP contribution is 2.46. The van der Waals surface area contributed by atoms with E-state index in [1.807, 2.05) is 54.6 Å². The van der Waals surface area contributed by atoms with Gasteiger partial charge in [0.15, 0.2) is 0 Å². The lowest BCUT2D eigenvalue weighted by atomic mass is 9.91. The normalized spacial score (nSPS) is 11.4. The van der Waals surface area contributed by atoms with Gasteiger partial charge in [-0.2, -0.15) is 0 Å². The average molecular weight is 563 g/mol. The minimum Gasteiger partial charge on any atom is -0.506 e. The molecule has 6 aromatic carbocycles. The van der Waals surface area contributed by atoms with Gasteiger partial charge >= 0.3 is 0 Å². The van der Waals surface area contributed by atoms with E-state index < -0.39 is 0 Å². The summed E-state index contributed by atoms with van der Waals surface area (Å²) in [5.41, 5.74) is 4.88. The van der Waals surface area contributed by atoms with E-state index in [2.05, 4.69) is 47.8 Å². The second kappa shape index (κ2) is 10.9. The molecule has 0 saturated heterocycles. The fourth-order valence-corrected chi connectivity index (χ4v) is 5.50. The number of anilines is 2. The maximum Gasteiger partial charge on any atom is 0.143 e. The summed E-state index contributed by atoms with van der Waals surface area (Å²) in [7, 11) is 1.66. The van der Waals surface area contributed by atoms with Gasteiger partial charge in [0.05, 0.1) is 23.5 Å². The first kappa shape index (κ1) is 25.8. The lowest BCUT2D eigenvalue weighted by Gasteiger charge is -2.20. The van der Waals surface area contributed by atoms with E-state index in [9.17, 15) is 5.11 Å². The summed E-state index contributed by atoms with van der Waals surface area (Å²) in [6.45, 7) is 0. The second-order valence-electron chi connectivity index (χ2n) is 9.30. The highest BCUT2D eigenvalue weighted by Gasteiger charge is 2.18. The van der Waals surface area contributed by atoms with Crippen molar-refractivity contribution in [3.8, 4) is 22.6 Å². The molecule has 0 atom stereocenters. The Morgan fingerprint density at radius 2 is 1.38 bits per heavy atom. The number of methoxy groups -OCH3 is 1. The number of hydrogen-bond acceptors (Lipinski definition) is 4. The van der Waals surface area contributed by atoms with E-state index in [0.717, 1.165) is 55.5 Å². The monoisotopic (exact) mass is 562 g/mol. The van der Waals surface area contributed by atoms with Crippen molar-refractivity contribution in [2.24, 2.45) is 4.99 Å². The van der Waals surface area contributed by atoms with Crippen LogP contribution in [-0.4, -0.2) is 18.4 Å². The molecule has 0 amide bonds. The lowest BCUT2D eigenvalue weighted by Crippen LogP contribution is -1.98. The molecule has 0 bridgehead atoms. The zero-order valence-corrected chi connectivity index (χ0v) is 23.0. The molecule has 0 heterocycles. The van der Waals surface area contributed by atoms with Crippen LogP contribution in [0.25, 0.3) is 32.7 Å². The van der Waals surface area contributed by atoms with E-state index in [1.54, 1.807) is 19.4 Å². The van der Waals surface area contributed by atoms with Crippen LogP contribution in [0.1, 0.15) is 5.56 Å². The van der Waals surface area contributed by atoms with Gasteiger partial charge in [0.2, 0.25) is 0 Å². The highest BCUT2D eigenvalue weighted by molar-refractivity contribution is 6.36. The number of rotatable bonds is 6. The van der Waals surface area contributed by atoms with Gasteiger partial charge in [0.25, 0.3) is 0 Å². The number of aromatic hydroxyl groups is 1. The predicted molar refractivity (Wildman–Crippen MR) is 169 cm³/mol. The smallest absolute Gasteiger partial charge is 0.143 e. The molecule has 6 heteroatoms. The first-order valence-corrected chi connectivity index (χ1v) is 13.4. The fraction of sp³-hybridized carbons (Fsp3) is 0.0294. The van der Waals surface area contributed by atoms with Gasteiger partial charge in [0, 0.05) is 33.6 Å². The van der Waals surface area contributed by atoms with Crippen LogP contribution in [-0.2, 0) is 0 Å². The van der Waals surface area contributed by atoms with Crippen molar-refractivity contribution < 1.29 is 9.84 Å². The average Bonchev–Trinajstić information content (AvgIpc) is 2.98. The molecule has 0 unspecified atom stereocenters. The molecule has 0 spiro atoms.